The molecule has 0 saturated carbocycles. The van der Waals surface area contributed by atoms with Crippen LogP contribution in [0.3, 0.4) is 0 Å². The maximum Gasteiger partial charge on any atom is 0.119 e. The van der Waals surface area contributed by atoms with Crippen molar-refractivity contribution in [2.24, 2.45) is 5.92 Å². The summed E-state index contributed by atoms with van der Waals surface area (Å²) in [6.45, 7) is 5.21. The number of piperidine rings is 1. The standard InChI is InChI=1S/C17H28N2O/c1-4-12-20-16-9-7-14(8-10-16)17-15(13-18-2)6-5-11-19(17)3/h7-10,15,17-18H,4-6,11-13H2,1-3H3. The predicted octanol–water partition coefficient (Wildman–Crippen LogP) is 3.08. The molecule has 0 aliphatic carbocycles. The molecular weight excluding hydrogens is 248 g/mol. The second-order valence-corrected chi connectivity index (χ2v) is 5.80. The quantitative estimate of drug-likeness (QED) is 0.864. The third-order valence-electron chi connectivity index (χ3n) is 4.17. The lowest BCUT2D eigenvalue weighted by molar-refractivity contribution is 0.121. The number of benzene rings is 1. The van der Waals surface area contributed by atoms with E-state index in [4.69, 9.17) is 4.74 Å². The van der Waals surface area contributed by atoms with Crippen molar-refractivity contribution in [2.75, 3.05) is 33.8 Å². The summed E-state index contributed by atoms with van der Waals surface area (Å²) in [4.78, 5) is 2.49. The van der Waals surface area contributed by atoms with Crippen molar-refractivity contribution in [3.05, 3.63) is 29.8 Å². The number of ether oxygens (including phenoxy) is 1. The average Bonchev–Trinajstić information content (AvgIpc) is 2.46. The Kier molecular flexibility index (Phi) is 5.86. The minimum atomic E-state index is 0.524. The van der Waals surface area contributed by atoms with E-state index in [1.807, 2.05) is 7.05 Å². The van der Waals surface area contributed by atoms with E-state index in [2.05, 4.69) is 48.5 Å². The van der Waals surface area contributed by atoms with Gasteiger partial charge in [-0.05, 0) is 70.1 Å². The topological polar surface area (TPSA) is 24.5 Å². The number of nitrogens with zero attached hydrogens (tertiary/aromatic N) is 1. The zero-order chi connectivity index (χ0) is 14.4. The molecule has 20 heavy (non-hydrogen) atoms. The summed E-state index contributed by atoms with van der Waals surface area (Å²) in [7, 11) is 4.29. The van der Waals surface area contributed by atoms with E-state index >= 15 is 0 Å². The molecule has 0 aromatic heterocycles. The molecule has 0 bridgehead atoms. The Morgan fingerprint density at radius 2 is 2.05 bits per heavy atom. The Morgan fingerprint density at radius 1 is 1.30 bits per heavy atom. The van der Waals surface area contributed by atoms with Crippen LogP contribution < -0.4 is 10.1 Å². The monoisotopic (exact) mass is 276 g/mol. The molecule has 3 heteroatoms. The van der Waals surface area contributed by atoms with Gasteiger partial charge in [0.1, 0.15) is 5.75 Å². The van der Waals surface area contributed by atoms with Gasteiger partial charge in [0, 0.05) is 6.04 Å². The molecule has 1 aromatic rings. The van der Waals surface area contributed by atoms with Crippen molar-refractivity contribution < 1.29 is 4.74 Å². The van der Waals surface area contributed by atoms with E-state index in [9.17, 15) is 0 Å². The van der Waals surface area contributed by atoms with Gasteiger partial charge in [-0.3, -0.25) is 4.90 Å². The van der Waals surface area contributed by atoms with Crippen LogP contribution in [-0.2, 0) is 0 Å². The molecule has 1 fully saturated rings. The minimum absolute atomic E-state index is 0.524. The van der Waals surface area contributed by atoms with Gasteiger partial charge in [-0.25, -0.2) is 0 Å². The lowest BCUT2D eigenvalue weighted by atomic mass is 9.85. The average molecular weight is 276 g/mol. The Balaban J connectivity index is 2.10. The van der Waals surface area contributed by atoms with E-state index in [1.165, 1.54) is 24.9 Å². The summed E-state index contributed by atoms with van der Waals surface area (Å²) in [6.07, 6.45) is 3.67. The zero-order valence-electron chi connectivity index (χ0n) is 13.1. The first-order valence-electron chi connectivity index (χ1n) is 7.83. The fraction of sp³-hybridized carbons (Fsp3) is 0.647. The number of rotatable bonds is 6. The number of nitrogens with one attached hydrogen (secondary N) is 1. The van der Waals surface area contributed by atoms with Gasteiger partial charge in [0.05, 0.1) is 6.61 Å². The van der Waals surface area contributed by atoms with Gasteiger partial charge in [0.2, 0.25) is 0 Å². The van der Waals surface area contributed by atoms with Crippen LogP contribution >= 0.6 is 0 Å². The van der Waals surface area contributed by atoms with Crippen molar-refractivity contribution in [3.8, 4) is 5.75 Å². The van der Waals surface area contributed by atoms with E-state index in [0.29, 0.717) is 12.0 Å². The first kappa shape index (κ1) is 15.3. The van der Waals surface area contributed by atoms with Gasteiger partial charge in [-0.15, -0.1) is 0 Å². The molecule has 2 atom stereocenters. The molecule has 0 spiro atoms. The maximum atomic E-state index is 5.67. The largest absolute Gasteiger partial charge is 0.494 e. The highest BCUT2D eigenvalue weighted by atomic mass is 16.5. The molecule has 1 heterocycles. The van der Waals surface area contributed by atoms with Gasteiger partial charge >= 0.3 is 0 Å². The van der Waals surface area contributed by atoms with Crippen LogP contribution in [0.5, 0.6) is 5.75 Å². The highest BCUT2D eigenvalue weighted by Gasteiger charge is 2.29. The maximum absolute atomic E-state index is 5.67. The van der Waals surface area contributed by atoms with Crippen molar-refractivity contribution in [1.82, 2.24) is 10.2 Å². The molecule has 112 valence electrons. The van der Waals surface area contributed by atoms with Crippen LogP contribution in [0.2, 0.25) is 0 Å². The second kappa shape index (κ2) is 7.65. The molecule has 2 unspecified atom stereocenters. The molecule has 1 aliphatic rings. The summed E-state index contributed by atoms with van der Waals surface area (Å²) in [5.41, 5.74) is 1.41. The van der Waals surface area contributed by atoms with E-state index < -0.39 is 0 Å². The van der Waals surface area contributed by atoms with Crippen LogP contribution in [0.1, 0.15) is 37.8 Å². The molecule has 1 saturated heterocycles. The Bertz CT molecular complexity index is 388. The highest BCUT2D eigenvalue weighted by Crippen LogP contribution is 2.35. The van der Waals surface area contributed by atoms with Gasteiger partial charge in [-0.1, -0.05) is 19.1 Å². The fourth-order valence-corrected chi connectivity index (χ4v) is 3.24. The second-order valence-electron chi connectivity index (χ2n) is 5.80. The van der Waals surface area contributed by atoms with Gasteiger partial charge in [0.15, 0.2) is 0 Å². The molecular formula is C17H28N2O. The molecule has 1 N–H and O–H groups in total. The molecule has 2 rings (SSSR count). The molecule has 1 aliphatic heterocycles. The van der Waals surface area contributed by atoms with Crippen LogP contribution in [0, 0.1) is 5.92 Å². The van der Waals surface area contributed by atoms with Gasteiger partial charge in [-0.2, -0.15) is 0 Å². The fourth-order valence-electron chi connectivity index (χ4n) is 3.24. The predicted molar refractivity (Wildman–Crippen MR) is 84.2 cm³/mol. The number of likely N-dealkylation sites (tertiary alicyclic amines) is 1. The summed E-state index contributed by atoms with van der Waals surface area (Å²) >= 11 is 0. The van der Waals surface area contributed by atoms with Gasteiger partial charge < -0.3 is 10.1 Å². The number of hydrogen-bond donors (Lipinski definition) is 1. The van der Waals surface area contributed by atoms with E-state index in [0.717, 1.165) is 25.3 Å². The Labute approximate surface area is 123 Å². The smallest absolute Gasteiger partial charge is 0.119 e. The summed E-state index contributed by atoms with van der Waals surface area (Å²) < 4.78 is 5.67. The van der Waals surface area contributed by atoms with Crippen LogP contribution in [0.15, 0.2) is 24.3 Å². The van der Waals surface area contributed by atoms with Crippen molar-refractivity contribution in [3.63, 3.8) is 0 Å². The SMILES string of the molecule is CCCOc1ccc(C2C(CNC)CCCN2C)cc1. The first-order valence-corrected chi connectivity index (χ1v) is 7.83. The van der Waals surface area contributed by atoms with E-state index in [1.54, 1.807) is 0 Å². The Morgan fingerprint density at radius 3 is 2.70 bits per heavy atom. The number of hydrogen-bond acceptors (Lipinski definition) is 3. The summed E-state index contributed by atoms with van der Waals surface area (Å²) in [6, 6.07) is 9.23. The molecule has 0 amide bonds. The van der Waals surface area contributed by atoms with Crippen molar-refractivity contribution >= 4 is 0 Å². The van der Waals surface area contributed by atoms with Crippen molar-refractivity contribution in [2.45, 2.75) is 32.2 Å². The normalized spacial score (nSPS) is 23.8. The zero-order valence-corrected chi connectivity index (χ0v) is 13.1. The summed E-state index contributed by atoms with van der Waals surface area (Å²) in [5.74, 6) is 1.68. The molecule has 3 nitrogen and oxygen atoms in total. The third-order valence-corrected chi connectivity index (χ3v) is 4.17. The van der Waals surface area contributed by atoms with Crippen LogP contribution in [0.4, 0.5) is 0 Å². The van der Waals surface area contributed by atoms with E-state index in [-0.39, 0.29) is 0 Å². The van der Waals surface area contributed by atoms with Gasteiger partial charge in [0.25, 0.3) is 0 Å². The highest BCUT2D eigenvalue weighted by molar-refractivity contribution is 5.30. The van der Waals surface area contributed by atoms with Crippen molar-refractivity contribution in [1.29, 1.82) is 0 Å². The van der Waals surface area contributed by atoms with Crippen LogP contribution in [0.25, 0.3) is 0 Å². The third kappa shape index (κ3) is 3.74. The summed E-state index contributed by atoms with van der Waals surface area (Å²) in [5, 5.41) is 3.35. The lowest BCUT2D eigenvalue weighted by Crippen LogP contribution is -2.39. The molecule has 0 radical (unpaired) electrons. The first-order chi connectivity index (χ1) is 9.76. The molecule has 1 aromatic carbocycles. The van der Waals surface area contributed by atoms with Crippen LogP contribution in [-0.4, -0.2) is 38.7 Å². The Hall–Kier alpha value is -1.06. The lowest BCUT2D eigenvalue weighted by Gasteiger charge is -2.39. The minimum Gasteiger partial charge on any atom is -0.494 e.